The number of carbonyl (C=O) groups is 2. The lowest BCUT2D eigenvalue weighted by Crippen LogP contribution is -2.46. The lowest BCUT2D eigenvalue weighted by molar-refractivity contribution is -0.137. The van der Waals surface area contributed by atoms with Crippen LogP contribution in [0.2, 0.25) is 0 Å². The maximum atomic E-state index is 13.4. The van der Waals surface area contributed by atoms with E-state index >= 15 is 0 Å². The summed E-state index contributed by atoms with van der Waals surface area (Å²) >= 11 is 0. The molecule has 1 aromatic carbocycles. The number of carbonyl (C=O) groups excluding carboxylic acids is 2. The SMILES string of the molecule is CN1CCOC(C(=O)Nc2cc(C(=O)NC3CCCCCC3)cc(C(F)(F)F)c2)C1. The van der Waals surface area contributed by atoms with Gasteiger partial charge in [-0.2, -0.15) is 13.2 Å². The molecule has 0 spiro atoms. The Balaban J connectivity index is 1.77. The standard InChI is InChI=1S/C21H28F3N3O3/c1-27-8-9-30-18(13-27)20(29)26-17-11-14(10-15(12-17)21(22,23)24)19(28)25-16-6-4-2-3-5-7-16/h10-12,16,18H,2-9,13H2,1H3,(H,25,28)(H,26,29). The van der Waals surface area contributed by atoms with Crippen LogP contribution in [0, 0.1) is 0 Å². The van der Waals surface area contributed by atoms with E-state index in [1.54, 1.807) is 0 Å². The third-order valence-electron chi connectivity index (χ3n) is 5.54. The van der Waals surface area contributed by atoms with Crippen molar-refractivity contribution in [3.05, 3.63) is 29.3 Å². The summed E-state index contributed by atoms with van der Waals surface area (Å²) in [6.45, 7) is 1.39. The van der Waals surface area contributed by atoms with Crippen LogP contribution in [0.1, 0.15) is 54.4 Å². The van der Waals surface area contributed by atoms with Crippen LogP contribution >= 0.6 is 0 Å². The largest absolute Gasteiger partial charge is 0.416 e. The van der Waals surface area contributed by atoms with E-state index in [1.807, 2.05) is 11.9 Å². The Morgan fingerprint density at radius 1 is 1.10 bits per heavy atom. The molecular weight excluding hydrogens is 399 g/mol. The maximum absolute atomic E-state index is 13.4. The molecule has 2 aliphatic rings. The first kappa shape index (κ1) is 22.6. The molecule has 1 saturated heterocycles. The maximum Gasteiger partial charge on any atom is 0.416 e. The second-order valence-electron chi connectivity index (χ2n) is 8.07. The minimum absolute atomic E-state index is 0.0428. The molecule has 2 fully saturated rings. The molecule has 9 heteroatoms. The monoisotopic (exact) mass is 427 g/mol. The van der Waals surface area contributed by atoms with E-state index in [-0.39, 0.29) is 17.3 Å². The Hall–Kier alpha value is -2.13. The summed E-state index contributed by atoms with van der Waals surface area (Å²) in [7, 11) is 1.84. The number of anilines is 1. The number of morpholine rings is 1. The number of amides is 2. The van der Waals surface area contributed by atoms with Gasteiger partial charge in [-0.15, -0.1) is 0 Å². The van der Waals surface area contributed by atoms with E-state index in [2.05, 4.69) is 10.6 Å². The number of nitrogens with one attached hydrogen (secondary N) is 2. The first-order chi connectivity index (χ1) is 14.2. The van der Waals surface area contributed by atoms with Gasteiger partial charge in [-0.25, -0.2) is 0 Å². The summed E-state index contributed by atoms with van der Waals surface area (Å²) in [5.41, 5.74) is -1.17. The number of halogens is 3. The van der Waals surface area contributed by atoms with E-state index in [4.69, 9.17) is 4.74 Å². The van der Waals surface area contributed by atoms with Crippen LogP contribution in [0.3, 0.4) is 0 Å². The number of hydrogen-bond acceptors (Lipinski definition) is 4. The number of likely N-dealkylation sites (N-methyl/N-ethyl adjacent to an activating group) is 1. The molecule has 0 radical (unpaired) electrons. The van der Waals surface area contributed by atoms with Crippen LogP contribution < -0.4 is 10.6 Å². The van der Waals surface area contributed by atoms with Crippen molar-refractivity contribution in [2.75, 3.05) is 32.1 Å². The van der Waals surface area contributed by atoms with Crippen molar-refractivity contribution in [2.24, 2.45) is 0 Å². The normalized spacial score (nSPS) is 21.7. The van der Waals surface area contributed by atoms with Crippen molar-refractivity contribution in [2.45, 2.75) is 56.8 Å². The van der Waals surface area contributed by atoms with Crippen LogP contribution in [-0.2, 0) is 15.7 Å². The molecule has 30 heavy (non-hydrogen) atoms. The Kier molecular flexibility index (Phi) is 7.36. The smallest absolute Gasteiger partial charge is 0.366 e. The molecule has 6 nitrogen and oxygen atoms in total. The van der Waals surface area contributed by atoms with E-state index in [0.717, 1.165) is 50.7 Å². The van der Waals surface area contributed by atoms with Crippen molar-refractivity contribution in [3.63, 3.8) is 0 Å². The first-order valence-electron chi connectivity index (χ1n) is 10.4. The number of benzene rings is 1. The van der Waals surface area contributed by atoms with Gasteiger partial charge in [0.25, 0.3) is 11.8 Å². The average molecular weight is 427 g/mol. The quantitative estimate of drug-likeness (QED) is 0.723. The molecule has 1 atom stereocenters. The lowest BCUT2D eigenvalue weighted by atomic mass is 10.1. The second kappa shape index (κ2) is 9.78. The Labute approximate surface area is 174 Å². The highest BCUT2D eigenvalue weighted by molar-refractivity contribution is 5.98. The van der Waals surface area contributed by atoms with Gasteiger partial charge >= 0.3 is 6.18 Å². The van der Waals surface area contributed by atoms with Gasteiger partial charge in [0.2, 0.25) is 0 Å². The Morgan fingerprint density at radius 2 is 1.80 bits per heavy atom. The minimum Gasteiger partial charge on any atom is -0.366 e. The summed E-state index contributed by atoms with van der Waals surface area (Å²) in [5.74, 6) is -1.09. The molecule has 1 aliphatic heterocycles. The number of hydrogen-bond donors (Lipinski definition) is 2. The molecule has 1 saturated carbocycles. The molecule has 2 amide bonds. The number of ether oxygens (including phenoxy) is 1. The van der Waals surface area contributed by atoms with Crippen LogP contribution in [-0.4, -0.2) is 55.6 Å². The van der Waals surface area contributed by atoms with Gasteiger partial charge in [0.1, 0.15) is 6.10 Å². The Morgan fingerprint density at radius 3 is 2.43 bits per heavy atom. The first-order valence-corrected chi connectivity index (χ1v) is 10.4. The number of alkyl halides is 3. The molecule has 0 bridgehead atoms. The van der Waals surface area contributed by atoms with Gasteiger partial charge < -0.3 is 20.3 Å². The predicted octanol–water partition coefficient (Wildman–Crippen LogP) is 3.43. The molecule has 3 rings (SSSR count). The van der Waals surface area contributed by atoms with Crippen molar-refractivity contribution in [1.29, 1.82) is 0 Å². The highest BCUT2D eigenvalue weighted by atomic mass is 19.4. The summed E-state index contributed by atoms with van der Waals surface area (Å²) < 4.78 is 45.6. The fourth-order valence-electron chi connectivity index (χ4n) is 3.85. The van der Waals surface area contributed by atoms with Crippen molar-refractivity contribution < 1.29 is 27.5 Å². The van der Waals surface area contributed by atoms with Gasteiger partial charge in [0.15, 0.2) is 0 Å². The van der Waals surface area contributed by atoms with E-state index in [0.29, 0.717) is 19.7 Å². The zero-order valence-electron chi connectivity index (χ0n) is 17.1. The summed E-state index contributed by atoms with van der Waals surface area (Å²) in [6, 6.07) is 2.91. The fourth-order valence-corrected chi connectivity index (χ4v) is 3.85. The summed E-state index contributed by atoms with van der Waals surface area (Å²) in [4.78, 5) is 27.0. The van der Waals surface area contributed by atoms with Crippen molar-refractivity contribution >= 4 is 17.5 Å². The topological polar surface area (TPSA) is 70.7 Å². The van der Waals surface area contributed by atoms with Gasteiger partial charge in [0.05, 0.1) is 12.2 Å². The van der Waals surface area contributed by atoms with Gasteiger partial charge in [0, 0.05) is 30.4 Å². The van der Waals surface area contributed by atoms with Crippen LogP contribution in [0.25, 0.3) is 0 Å². The zero-order valence-corrected chi connectivity index (χ0v) is 17.1. The van der Waals surface area contributed by atoms with E-state index in [9.17, 15) is 22.8 Å². The summed E-state index contributed by atoms with van der Waals surface area (Å²) in [5, 5.41) is 5.34. The molecule has 1 aliphatic carbocycles. The highest BCUT2D eigenvalue weighted by Crippen LogP contribution is 2.32. The fraction of sp³-hybridized carbons (Fsp3) is 0.619. The Bertz CT molecular complexity index is 762. The van der Waals surface area contributed by atoms with Crippen molar-refractivity contribution in [1.82, 2.24) is 10.2 Å². The van der Waals surface area contributed by atoms with Gasteiger partial charge in [-0.1, -0.05) is 25.7 Å². The lowest BCUT2D eigenvalue weighted by Gasteiger charge is -2.29. The van der Waals surface area contributed by atoms with Crippen LogP contribution in [0.4, 0.5) is 18.9 Å². The molecule has 0 aromatic heterocycles. The second-order valence-corrected chi connectivity index (χ2v) is 8.07. The molecule has 2 N–H and O–H groups in total. The molecule has 1 unspecified atom stereocenters. The average Bonchev–Trinajstić information content (AvgIpc) is 2.95. The van der Waals surface area contributed by atoms with Crippen LogP contribution in [0.15, 0.2) is 18.2 Å². The highest BCUT2D eigenvalue weighted by Gasteiger charge is 2.33. The van der Waals surface area contributed by atoms with Gasteiger partial charge in [-0.3, -0.25) is 9.59 Å². The molecular formula is C21H28F3N3O3. The van der Waals surface area contributed by atoms with E-state index < -0.39 is 29.7 Å². The predicted molar refractivity (Wildman–Crippen MR) is 106 cm³/mol. The summed E-state index contributed by atoms with van der Waals surface area (Å²) in [6.07, 6.45) is 0.410. The zero-order chi connectivity index (χ0) is 21.7. The van der Waals surface area contributed by atoms with Crippen LogP contribution in [0.5, 0.6) is 0 Å². The van der Waals surface area contributed by atoms with E-state index in [1.165, 1.54) is 6.07 Å². The number of rotatable bonds is 4. The molecule has 166 valence electrons. The third kappa shape index (κ3) is 6.18. The minimum atomic E-state index is -4.64. The van der Waals surface area contributed by atoms with Gasteiger partial charge in [-0.05, 0) is 38.1 Å². The van der Waals surface area contributed by atoms with Crippen molar-refractivity contribution in [3.8, 4) is 0 Å². The molecule has 1 aromatic rings. The number of nitrogens with zero attached hydrogens (tertiary/aromatic N) is 1. The molecule has 1 heterocycles. The third-order valence-corrected chi connectivity index (χ3v) is 5.54.